The molecule has 0 radical (unpaired) electrons. The standard InChI is InChI=1S/C29H35N3O5/c33-27(23-6-2-1-3-7-23)21-37-26-14-12-25(13-15-26)32-28(34)16-19-30-17-4-5-18-31-20-22-8-10-24(11-9-22)29(35)36/h1-3,6-15,27,30-31,33H,4-5,16-21H2,(H,32,34)(H,35,36). The Kier molecular flexibility index (Phi) is 11.6. The lowest BCUT2D eigenvalue weighted by Crippen LogP contribution is -2.23. The number of ether oxygens (including phenoxy) is 1. The van der Waals surface area contributed by atoms with Crippen LogP contribution in [0.5, 0.6) is 5.75 Å². The number of benzene rings is 3. The largest absolute Gasteiger partial charge is 0.491 e. The monoisotopic (exact) mass is 505 g/mol. The Hall–Kier alpha value is -3.72. The molecule has 0 heterocycles. The van der Waals surface area contributed by atoms with Crippen molar-refractivity contribution in [2.75, 3.05) is 31.6 Å². The van der Waals surface area contributed by atoms with Crippen molar-refractivity contribution >= 4 is 17.6 Å². The molecule has 5 N–H and O–H groups in total. The second kappa shape index (κ2) is 15.4. The van der Waals surface area contributed by atoms with Gasteiger partial charge in [-0.15, -0.1) is 0 Å². The van der Waals surface area contributed by atoms with E-state index in [-0.39, 0.29) is 12.5 Å². The van der Waals surface area contributed by atoms with E-state index in [4.69, 9.17) is 9.84 Å². The van der Waals surface area contributed by atoms with E-state index in [0.29, 0.717) is 36.5 Å². The Morgan fingerprint density at radius 2 is 1.49 bits per heavy atom. The number of carboxylic acids is 1. The fraction of sp³-hybridized carbons (Fsp3) is 0.310. The fourth-order valence-corrected chi connectivity index (χ4v) is 3.63. The van der Waals surface area contributed by atoms with E-state index >= 15 is 0 Å². The quantitative estimate of drug-likeness (QED) is 0.187. The Morgan fingerprint density at radius 3 is 2.16 bits per heavy atom. The van der Waals surface area contributed by atoms with Crippen LogP contribution in [0.4, 0.5) is 5.69 Å². The van der Waals surface area contributed by atoms with Crippen LogP contribution in [0.15, 0.2) is 78.9 Å². The van der Waals surface area contributed by atoms with E-state index in [1.807, 2.05) is 42.5 Å². The van der Waals surface area contributed by atoms with Crippen LogP contribution >= 0.6 is 0 Å². The van der Waals surface area contributed by atoms with E-state index in [1.165, 1.54) is 0 Å². The zero-order valence-corrected chi connectivity index (χ0v) is 20.9. The molecule has 37 heavy (non-hydrogen) atoms. The van der Waals surface area contributed by atoms with E-state index < -0.39 is 12.1 Å². The molecule has 3 aromatic rings. The fourth-order valence-electron chi connectivity index (χ4n) is 3.63. The normalized spacial score (nSPS) is 11.6. The summed E-state index contributed by atoms with van der Waals surface area (Å²) in [6, 6.07) is 23.3. The van der Waals surface area contributed by atoms with Gasteiger partial charge in [0.25, 0.3) is 0 Å². The number of nitrogens with one attached hydrogen (secondary N) is 3. The number of aliphatic hydroxyl groups excluding tert-OH is 1. The van der Waals surface area contributed by atoms with E-state index in [0.717, 1.165) is 37.1 Å². The number of aliphatic hydroxyl groups is 1. The molecular weight excluding hydrogens is 470 g/mol. The van der Waals surface area contributed by atoms with E-state index in [1.54, 1.807) is 36.4 Å². The molecule has 1 unspecified atom stereocenters. The summed E-state index contributed by atoms with van der Waals surface area (Å²) in [7, 11) is 0. The van der Waals surface area contributed by atoms with Crippen LogP contribution in [-0.4, -0.2) is 48.3 Å². The maximum atomic E-state index is 12.2. The molecule has 0 saturated carbocycles. The first-order valence-electron chi connectivity index (χ1n) is 12.5. The summed E-state index contributed by atoms with van der Waals surface area (Å²) in [5.41, 5.74) is 2.85. The molecule has 1 amide bonds. The minimum atomic E-state index is -0.916. The molecule has 0 aliphatic carbocycles. The minimum Gasteiger partial charge on any atom is -0.491 e. The zero-order valence-electron chi connectivity index (χ0n) is 20.9. The molecule has 0 aromatic heterocycles. The molecule has 3 rings (SSSR count). The summed E-state index contributed by atoms with van der Waals surface area (Å²) in [5.74, 6) is -0.349. The molecule has 0 fully saturated rings. The van der Waals surface area contributed by atoms with Crippen molar-refractivity contribution in [3.63, 3.8) is 0 Å². The maximum absolute atomic E-state index is 12.2. The van der Waals surface area contributed by atoms with Crippen molar-refractivity contribution in [3.8, 4) is 5.75 Å². The highest BCUT2D eigenvalue weighted by atomic mass is 16.5. The van der Waals surface area contributed by atoms with Crippen molar-refractivity contribution in [2.45, 2.75) is 31.9 Å². The van der Waals surface area contributed by atoms with Crippen molar-refractivity contribution in [2.24, 2.45) is 0 Å². The Morgan fingerprint density at radius 1 is 0.811 bits per heavy atom. The first-order chi connectivity index (χ1) is 18.0. The number of anilines is 1. The lowest BCUT2D eigenvalue weighted by molar-refractivity contribution is -0.116. The number of rotatable bonds is 16. The molecule has 0 saturated heterocycles. The summed E-state index contributed by atoms with van der Waals surface area (Å²) in [5, 5.41) is 28.6. The molecule has 8 heteroatoms. The molecule has 8 nitrogen and oxygen atoms in total. The van der Waals surface area contributed by atoms with Gasteiger partial charge in [0, 0.05) is 25.2 Å². The highest BCUT2D eigenvalue weighted by Crippen LogP contribution is 2.19. The third-order valence-corrected chi connectivity index (χ3v) is 5.75. The van der Waals surface area contributed by atoms with E-state index in [2.05, 4.69) is 16.0 Å². The first-order valence-corrected chi connectivity index (χ1v) is 12.5. The van der Waals surface area contributed by atoms with Gasteiger partial charge in [0.2, 0.25) is 5.91 Å². The molecule has 0 aliphatic rings. The van der Waals surface area contributed by atoms with Crippen LogP contribution in [0.3, 0.4) is 0 Å². The lowest BCUT2D eigenvalue weighted by atomic mass is 10.1. The second-order valence-corrected chi connectivity index (χ2v) is 8.70. The summed E-state index contributed by atoms with van der Waals surface area (Å²) in [6.07, 6.45) is 1.68. The smallest absolute Gasteiger partial charge is 0.335 e. The summed E-state index contributed by atoms with van der Waals surface area (Å²) in [4.78, 5) is 23.0. The average molecular weight is 506 g/mol. The summed E-state index contributed by atoms with van der Waals surface area (Å²) in [6.45, 7) is 3.17. The molecule has 1 atom stereocenters. The third-order valence-electron chi connectivity index (χ3n) is 5.75. The van der Waals surface area contributed by atoms with Crippen molar-refractivity contribution in [1.29, 1.82) is 0 Å². The number of carbonyl (C=O) groups excluding carboxylic acids is 1. The highest BCUT2D eigenvalue weighted by Gasteiger charge is 2.08. The third kappa shape index (κ3) is 10.4. The Bertz CT molecular complexity index is 1090. The number of unbranched alkanes of at least 4 members (excludes halogenated alkanes) is 1. The van der Waals surface area contributed by atoms with Crippen LogP contribution in [0.2, 0.25) is 0 Å². The number of carboxylic acid groups (broad SMARTS) is 1. The van der Waals surface area contributed by atoms with Crippen LogP contribution < -0.4 is 20.7 Å². The first kappa shape index (κ1) is 27.9. The zero-order chi connectivity index (χ0) is 26.3. The van der Waals surface area contributed by atoms with Crippen molar-refractivity contribution < 1.29 is 24.5 Å². The molecule has 0 spiro atoms. The number of amides is 1. The molecular formula is C29H35N3O5. The van der Waals surface area contributed by atoms with Gasteiger partial charge in [0.05, 0.1) is 5.56 Å². The van der Waals surface area contributed by atoms with Crippen molar-refractivity contribution in [1.82, 2.24) is 10.6 Å². The Balaban J connectivity index is 1.20. The average Bonchev–Trinajstić information content (AvgIpc) is 2.92. The van der Waals surface area contributed by atoms with Crippen LogP contribution in [-0.2, 0) is 11.3 Å². The minimum absolute atomic E-state index is 0.0590. The van der Waals surface area contributed by atoms with Gasteiger partial charge in [-0.05, 0) is 73.5 Å². The number of hydrogen-bond donors (Lipinski definition) is 5. The number of carbonyl (C=O) groups is 2. The van der Waals surface area contributed by atoms with Gasteiger partial charge in [-0.3, -0.25) is 4.79 Å². The van der Waals surface area contributed by atoms with Crippen molar-refractivity contribution in [3.05, 3.63) is 95.6 Å². The molecule has 0 bridgehead atoms. The van der Waals surface area contributed by atoms with Gasteiger partial charge in [-0.25, -0.2) is 4.79 Å². The number of aromatic carboxylic acids is 1. The van der Waals surface area contributed by atoms with Gasteiger partial charge in [-0.1, -0.05) is 42.5 Å². The van der Waals surface area contributed by atoms with Gasteiger partial charge in [0.1, 0.15) is 18.5 Å². The molecule has 3 aromatic carbocycles. The van der Waals surface area contributed by atoms with Crippen LogP contribution in [0.25, 0.3) is 0 Å². The van der Waals surface area contributed by atoms with E-state index in [9.17, 15) is 14.7 Å². The van der Waals surface area contributed by atoms with Gasteiger partial charge < -0.3 is 30.9 Å². The van der Waals surface area contributed by atoms with Crippen LogP contribution in [0.1, 0.15) is 46.9 Å². The Labute approximate surface area is 217 Å². The predicted molar refractivity (Wildman–Crippen MR) is 144 cm³/mol. The predicted octanol–water partition coefficient (Wildman–Crippen LogP) is 3.99. The topological polar surface area (TPSA) is 120 Å². The van der Waals surface area contributed by atoms with Gasteiger partial charge in [0.15, 0.2) is 0 Å². The summed E-state index contributed by atoms with van der Waals surface area (Å²) >= 11 is 0. The number of hydrogen-bond acceptors (Lipinski definition) is 6. The van der Waals surface area contributed by atoms with Crippen LogP contribution in [0, 0.1) is 0 Å². The summed E-state index contributed by atoms with van der Waals surface area (Å²) < 4.78 is 5.65. The second-order valence-electron chi connectivity index (χ2n) is 8.70. The maximum Gasteiger partial charge on any atom is 0.335 e. The van der Waals surface area contributed by atoms with Gasteiger partial charge >= 0.3 is 5.97 Å². The lowest BCUT2D eigenvalue weighted by Gasteiger charge is -2.13. The molecule has 196 valence electrons. The highest BCUT2D eigenvalue weighted by molar-refractivity contribution is 5.90. The van der Waals surface area contributed by atoms with Gasteiger partial charge in [-0.2, -0.15) is 0 Å². The SMILES string of the molecule is O=C(CCNCCCCNCc1ccc(C(=O)O)cc1)Nc1ccc(OCC(O)c2ccccc2)cc1. The molecule has 0 aliphatic heterocycles.